The molecule has 0 saturated carbocycles. The van der Waals surface area contributed by atoms with E-state index in [2.05, 4.69) is 36.4 Å². The van der Waals surface area contributed by atoms with Crippen LogP contribution in [0.25, 0.3) is 0 Å². The maximum Gasteiger partial charge on any atom is 0.218 e. The molecule has 0 radical (unpaired) electrons. The van der Waals surface area contributed by atoms with Gasteiger partial charge in [0.05, 0.1) is 6.54 Å². The minimum atomic E-state index is 0.213. The van der Waals surface area contributed by atoms with Gasteiger partial charge in [-0.3, -0.25) is 0 Å². The summed E-state index contributed by atoms with van der Waals surface area (Å²) < 4.78 is 5.94. The number of nitrogens with one attached hydrogen (secondary N) is 2. The maximum absolute atomic E-state index is 9.34. The minimum absolute atomic E-state index is 0.213. The molecule has 0 saturated heterocycles. The van der Waals surface area contributed by atoms with Gasteiger partial charge in [-0.25, -0.2) is 9.98 Å². The van der Waals surface area contributed by atoms with Crippen molar-refractivity contribution in [2.24, 2.45) is 16.8 Å². The topological polar surface area (TPSA) is 78.8 Å². The van der Waals surface area contributed by atoms with Gasteiger partial charge in [-0.05, 0) is 43.2 Å². The molecule has 0 bridgehead atoms. The Hall–Kier alpha value is -2.60. The Morgan fingerprint density at radius 3 is 2.63 bits per heavy atom. The van der Waals surface area contributed by atoms with Crippen LogP contribution in [0.15, 0.2) is 53.7 Å². The smallest absolute Gasteiger partial charge is 0.218 e. The summed E-state index contributed by atoms with van der Waals surface area (Å²) in [5, 5.41) is 16.1. The van der Waals surface area contributed by atoms with Crippen LogP contribution in [0.5, 0.6) is 5.88 Å². The molecule has 0 aliphatic carbocycles. The van der Waals surface area contributed by atoms with Gasteiger partial charge in [0.15, 0.2) is 5.96 Å². The molecule has 1 aromatic carbocycles. The number of rotatable bonds is 12. The van der Waals surface area contributed by atoms with Gasteiger partial charge in [-0.1, -0.05) is 50.2 Å². The lowest BCUT2D eigenvalue weighted by atomic mass is 9.94. The van der Waals surface area contributed by atoms with E-state index in [1.807, 2.05) is 42.5 Å². The molecule has 6 nitrogen and oxygen atoms in total. The summed E-state index contributed by atoms with van der Waals surface area (Å²) in [7, 11) is 0. The highest BCUT2D eigenvalue weighted by molar-refractivity contribution is 5.79. The monoisotopic (exact) mass is 412 g/mol. The molecule has 0 fully saturated rings. The van der Waals surface area contributed by atoms with E-state index in [0.717, 1.165) is 43.0 Å². The molecule has 164 valence electrons. The zero-order valence-electron chi connectivity index (χ0n) is 18.5. The normalized spacial score (nSPS) is 12.6. The van der Waals surface area contributed by atoms with Crippen molar-refractivity contribution in [3.05, 3.63) is 59.8 Å². The average molecular weight is 413 g/mol. The molecule has 0 aliphatic rings. The van der Waals surface area contributed by atoms with Gasteiger partial charge < -0.3 is 20.5 Å². The van der Waals surface area contributed by atoms with Crippen molar-refractivity contribution in [2.45, 2.75) is 46.8 Å². The number of hydrogen-bond acceptors (Lipinski definition) is 4. The molecule has 0 amide bonds. The molecule has 3 N–H and O–H groups in total. The molecule has 30 heavy (non-hydrogen) atoms. The van der Waals surface area contributed by atoms with Gasteiger partial charge in [-0.2, -0.15) is 0 Å². The van der Waals surface area contributed by atoms with Crippen molar-refractivity contribution >= 4 is 5.96 Å². The second kappa shape index (κ2) is 13.6. The third-order valence-corrected chi connectivity index (χ3v) is 4.72. The Morgan fingerprint density at radius 2 is 1.93 bits per heavy atom. The fourth-order valence-electron chi connectivity index (χ4n) is 3.30. The molecule has 0 spiro atoms. The number of aliphatic hydroxyl groups excluding tert-OH is 1. The van der Waals surface area contributed by atoms with E-state index in [9.17, 15) is 5.11 Å². The number of benzene rings is 1. The van der Waals surface area contributed by atoms with E-state index in [0.29, 0.717) is 30.9 Å². The summed E-state index contributed by atoms with van der Waals surface area (Å²) >= 11 is 0. The first-order chi connectivity index (χ1) is 14.6. The number of nitrogens with zero attached hydrogens (tertiary/aromatic N) is 2. The lowest BCUT2D eigenvalue weighted by Gasteiger charge is -2.20. The summed E-state index contributed by atoms with van der Waals surface area (Å²) in [4.78, 5) is 9.11. The Kier molecular flexibility index (Phi) is 10.7. The van der Waals surface area contributed by atoms with Gasteiger partial charge in [0.25, 0.3) is 0 Å². The van der Waals surface area contributed by atoms with E-state index in [-0.39, 0.29) is 6.61 Å². The fourth-order valence-corrected chi connectivity index (χ4v) is 3.30. The van der Waals surface area contributed by atoms with E-state index < -0.39 is 0 Å². The van der Waals surface area contributed by atoms with Crippen molar-refractivity contribution in [2.75, 3.05) is 19.7 Å². The maximum atomic E-state index is 9.34. The second-order valence-electron chi connectivity index (χ2n) is 7.83. The number of ether oxygens (including phenoxy) is 1. The van der Waals surface area contributed by atoms with E-state index in [4.69, 9.17) is 9.73 Å². The van der Waals surface area contributed by atoms with Crippen LogP contribution < -0.4 is 15.4 Å². The second-order valence-corrected chi connectivity index (χ2v) is 7.83. The van der Waals surface area contributed by atoms with Crippen molar-refractivity contribution in [3.63, 3.8) is 0 Å². The Morgan fingerprint density at radius 1 is 1.13 bits per heavy atom. The summed E-state index contributed by atoms with van der Waals surface area (Å²) in [6.07, 6.45) is 3.61. The van der Waals surface area contributed by atoms with Crippen LogP contribution in [0.2, 0.25) is 0 Å². The first kappa shape index (κ1) is 23.7. The third-order valence-electron chi connectivity index (χ3n) is 4.72. The number of aliphatic hydroxyl groups is 1. The van der Waals surface area contributed by atoms with Crippen LogP contribution in [0.3, 0.4) is 0 Å². The van der Waals surface area contributed by atoms with Crippen LogP contribution >= 0.6 is 0 Å². The number of pyridine rings is 1. The Labute approximate surface area is 180 Å². The first-order valence-electron chi connectivity index (χ1n) is 10.9. The largest absolute Gasteiger partial charge is 0.473 e. The molecule has 1 heterocycles. The molecular weight excluding hydrogens is 376 g/mol. The van der Waals surface area contributed by atoms with Crippen LogP contribution in [0.1, 0.15) is 44.7 Å². The number of hydrogen-bond donors (Lipinski definition) is 3. The van der Waals surface area contributed by atoms with Crippen LogP contribution in [0, 0.1) is 11.8 Å². The first-order valence-corrected chi connectivity index (χ1v) is 10.9. The average Bonchev–Trinajstić information content (AvgIpc) is 2.75. The number of aliphatic imine (C=N–C) groups is 1. The highest BCUT2D eigenvalue weighted by atomic mass is 16.5. The van der Waals surface area contributed by atoms with Crippen molar-refractivity contribution in [1.29, 1.82) is 0 Å². The van der Waals surface area contributed by atoms with Crippen LogP contribution in [0.4, 0.5) is 0 Å². The lowest BCUT2D eigenvalue weighted by molar-refractivity contribution is 0.243. The molecule has 2 aromatic rings. The van der Waals surface area contributed by atoms with E-state index >= 15 is 0 Å². The quantitative estimate of drug-likeness (QED) is 0.365. The van der Waals surface area contributed by atoms with Crippen LogP contribution in [-0.2, 0) is 13.2 Å². The predicted octanol–water partition coefficient (Wildman–Crippen LogP) is 3.76. The number of aromatic nitrogens is 1. The fraction of sp³-hybridized carbons (Fsp3) is 0.500. The standard InChI is InChI=1S/C24H36N4O2/c1-4-25-24(27-16-21(12-14-29)15-19(2)3)28-17-22-11-8-13-26-23(22)30-18-20-9-6-5-7-10-20/h5-11,13,19,21,29H,4,12,14-18H2,1-3H3,(H2,25,27,28). The summed E-state index contributed by atoms with van der Waals surface area (Å²) in [6.45, 7) is 9.21. The van der Waals surface area contributed by atoms with E-state index in [1.54, 1.807) is 6.20 Å². The zero-order chi connectivity index (χ0) is 21.6. The molecule has 0 aliphatic heterocycles. The molecule has 2 rings (SSSR count). The van der Waals surface area contributed by atoms with Crippen molar-refractivity contribution < 1.29 is 9.84 Å². The minimum Gasteiger partial charge on any atom is -0.473 e. The third kappa shape index (κ3) is 8.82. The highest BCUT2D eigenvalue weighted by Gasteiger charge is 2.12. The molecular formula is C24H36N4O2. The Bertz CT molecular complexity index is 750. The highest BCUT2D eigenvalue weighted by Crippen LogP contribution is 2.17. The molecule has 6 heteroatoms. The number of guanidine groups is 1. The van der Waals surface area contributed by atoms with Crippen LogP contribution in [-0.4, -0.2) is 35.7 Å². The summed E-state index contributed by atoms with van der Waals surface area (Å²) in [6, 6.07) is 14.0. The van der Waals surface area contributed by atoms with E-state index in [1.165, 1.54) is 0 Å². The van der Waals surface area contributed by atoms with Gasteiger partial charge in [0, 0.05) is 31.5 Å². The van der Waals surface area contributed by atoms with Crippen molar-refractivity contribution in [1.82, 2.24) is 15.6 Å². The Balaban J connectivity index is 1.99. The van der Waals surface area contributed by atoms with Gasteiger partial charge in [0.2, 0.25) is 5.88 Å². The van der Waals surface area contributed by atoms with Gasteiger partial charge in [0.1, 0.15) is 6.61 Å². The van der Waals surface area contributed by atoms with Gasteiger partial charge >= 0.3 is 0 Å². The van der Waals surface area contributed by atoms with Crippen molar-refractivity contribution in [3.8, 4) is 5.88 Å². The summed E-state index contributed by atoms with van der Waals surface area (Å²) in [5.74, 6) is 2.39. The SMILES string of the molecule is CCNC(=NCc1cccnc1OCc1ccccc1)NCC(CCO)CC(C)C. The molecule has 1 atom stereocenters. The van der Waals surface area contributed by atoms with Gasteiger partial charge in [-0.15, -0.1) is 0 Å². The lowest BCUT2D eigenvalue weighted by Crippen LogP contribution is -2.40. The summed E-state index contributed by atoms with van der Waals surface area (Å²) in [5.41, 5.74) is 2.05. The zero-order valence-corrected chi connectivity index (χ0v) is 18.5. The molecule has 1 aromatic heterocycles. The predicted molar refractivity (Wildman–Crippen MR) is 122 cm³/mol. The molecule has 1 unspecified atom stereocenters.